The fraction of sp³-hybridized carbons (Fsp3) is 0.600. The fourth-order valence-electron chi connectivity index (χ4n) is 2.51. The molecule has 0 aromatic heterocycles. The Balaban J connectivity index is 2.07. The van der Waals surface area contributed by atoms with Gasteiger partial charge in [-0.1, -0.05) is 12.1 Å². The maximum absolute atomic E-state index is 12.4. The molecule has 0 amide bonds. The van der Waals surface area contributed by atoms with Gasteiger partial charge in [0.25, 0.3) is 0 Å². The third-order valence-corrected chi connectivity index (χ3v) is 6.28. The highest BCUT2D eigenvalue weighted by Gasteiger charge is 2.32. The molecule has 1 aromatic carbocycles. The Kier molecular flexibility index (Phi) is 5.24. The van der Waals surface area contributed by atoms with Crippen LogP contribution in [0.3, 0.4) is 0 Å². The normalized spacial score (nSPS) is 22.0. The number of sulfone groups is 1. The predicted molar refractivity (Wildman–Crippen MR) is 82.1 cm³/mol. The van der Waals surface area contributed by atoms with Crippen molar-refractivity contribution in [3.63, 3.8) is 0 Å². The predicted octanol–water partition coefficient (Wildman–Crippen LogP) is 1.68. The van der Waals surface area contributed by atoms with Crippen LogP contribution < -0.4 is 10.5 Å². The molecule has 2 rings (SSSR count). The van der Waals surface area contributed by atoms with Crippen LogP contribution >= 0.6 is 0 Å². The van der Waals surface area contributed by atoms with Crippen LogP contribution in [-0.2, 0) is 14.6 Å². The summed E-state index contributed by atoms with van der Waals surface area (Å²) in [5.41, 5.74) is 6.92. The van der Waals surface area contributed by atoms with Gasteiger partial charge in [0, 0.05) is 12.6 Å². The maximum atomic E-state index is 12.4. The minimum atomic E-state index is -3.29. The monoisotopic (exact) mass is 313 g/mol. The lowest BCUT2D eigenvalue weighted by Gasteiger charge is -2.22. The van der Waals surface area contributed by atoms with Crippen LogP contribution in [0.15, 0.2) is 24.3 Å². The second kappa shape index (κ2) is 6.77. The van der Waals surface area contributed by atoms with Gasteiger partial charge in [-0.2, -0.15) is 0 Å². The smallest absolute Gasteiger partial charge is 0.157 e. The Morgan fingerprint density at radius 2 is 2.05 bits per heavy atom. The molecule has 0 saturated carbocycles. The van der Waals surface area contributed by atoms with Crippen molar-refractivity contribution in [1.29, 1.82) is 0 Å². The van der Waals surface area contributed by atoms with Gasteiger partial charge in [0.05, 0.1) is 24.2 Å². The standard InChI is InChI=1S/C15H23NO4S/c1-11(21(17,18)10-14-4-3-9-20-14)15(16)12-5-7-13(19-2)8-6-12/h5-8,11,14-15H,3-4,9-10,16H2,1-2H3. The molecule has 1 aromatic rings. The summed E-state index contributed by atoms with van der Waals surface area (Å²) in [5.74, 6) is 0.777. The first-order valence-electron chi connectivity index (χ1n) is 7.17. The molecular formula is C15H23NO4S. The summed E-state index contributed by atoms with van der Waals surface area (Å²) in [5, 5.41) is -0.643. The van der Waals surface area contributed by atoms with Crippen LogP contribution in [0.25, 0.3) is 0 Å². The first kappa shape index (κ1) is 16.3. The summed E-state index contributed by atoms with van der Waals surface area (Å²) in [6.07, 6.45) is 1.56. The van der Waals surface area contributed by atoms with E-state index in [1.807, 2.05) is 12.1 Å². The van der Waals surface area contributed by atoms with Gasteiger partial charge in [0.1, 0.15) is 5.75 Å². The van der Waals surface area contributed by atoms with Crippen molar-refractivity contribution >= 4 is 9.84 Å². The molecule has 118 valence electrons. The molecular weight excluding hydrogens is 290 g/mol. The molecule has 1 aliphatic heterocycles. The highest BCUT2D eigenvalue weighted by molar-refractivity contribution is 7.92. The molecule has 6 heteroatoms. The van der Waals surface area contributed by atoms with Crippen LogP contribution in [0.1, 0.15) is 31.4 Å². The van der Waals surface area contributed by atoms with Crippen molar-refractivity contribution in [2.75, 3.05) is 19.5 Å². The lowest BCUT2D eigenvalue weighted by Crippen LogP contribution is -2.35. The van der Waals surface area contributed by atoms with E-state index in [0.717, 1.165) is 24.2 Å². The zero-order chi connectivity index (χ0) is 15.5. The molecule has 1 fully saturated rings. The van der Waals surface area contributed by atoms with E-state index in [-0.39, 0.29) is 11.9 Å². The van der Waals surface area contributed by atoms with Gasteiger partial charge in [-0.15, -0.1) is 0 Å². The summed E-state index contributed by atoms with van der Waals surface area (Å²) >= 11 is 0. The first-order chi connectivity index (χ1) is 9.94. The number of methoxy groups -OCH3 is 1. The van der Waals surface area contributed by atoms with Gasteiger partial charge >= 0.3 is 0 Å². The van der Waals surface area contributed by atoms with Crippen LogP contribution in [0.2, 0.25) is 0 Å². The summed E-state index contributed by atoms with van der Waals surface area (Å²) in [7, 11) is -1.70. The molecule has 5 nitrogen and oxygen atoms in total. The van der Waals surface area contributed by atoms with E-state index in [1.54, 1.807) is 26.2 Å². The van der Waals surface area contributed by atoms with E-state index >= 15 is 0 Å². The fourth-order valence-corrected chi connectivity index (χ4v) is 4.20. The van der Waals surface area contributed by atoms with Crippen molar-refractivity contribution in [3.05, 3.63) is 29.8 Å². The van der Waals surface area contributed by atoms with Crippen molar-refractivity contribution in [2.24, 2.45) is 5.73 Å². The van der Waals surface area contributed by atoms with Gasteiger partial charge in [0.2, 0.25) is 0 Å². The van der Waals surface area contributed by atoms with Crippen LogP contribution in [0.5, 0.6) is 5.75 Å². The van der Waals surface area contributed by atoms with E-state index in [1.165, 1.54) is 0 Å². The van der Waals surface area contributed by atoms with Crippen molar-refractivity contribution in [1.82, 2.24) is 0 Å². The van der Waals surface area contributed by atoms with Crippen LogP contribution in [-0.4, -0.2) is 39.2 Å². The van der Waals surface area contributed by atoms with Gasteiger partial charge in [-0.25, -0.2) is 8.42 Å². The molecule has 2 N–H and O–H groups in total. The van der Waals surface area contributed by atoms with Crippen LogP contribution in [0, 0.1) is 0 Å². The van der Waals surface area contributed by atoms with Crippen LogP contribution in [0.4, 0.5) is 0 Å². The minimum absolute atomic E-state index is 0.0536. The molecule has 1 aliphatic rings. The average Bonchev–Trinajstić information content (AvgIpc) is 2.98. The number of nitrogens with two attached hydrogens (primary N) is 1. The lowest BCUT2D eigenvalue weighted by atomic mass is 10.1. The van der Waals surface area contributed by atoms with E-state index in [9.17, 15) is 8.42 Å². The minimum Gasteiger partial charge on any atom is -0.497 e. The van der Waals surface area contributed by atoms with E-state index < -0.39 is 21.1 Å². The van der Waals surface area contributed by atoms with Gasteiger partial charge in [-0.3, -0.25) is 0 Å². The number of ether oxygens (including phenoxy) is 2. The second-order valence-electron chi connectivity index (χ2n) is 5.47. The Morgan fingerprint density at radius 1 is 1.38 bits per heavy atom. The average molecular weight is 313 g/mol. The summed E-state index contributed by atoms with van der Waals surface area (Å²) in [6.45, 7) is 2.32. The largest absolute Gasteiger partial charge is 0.497 e. The SMILES string of the molecule is COc1ccc(C(N)C(C)S(=O)(=O)CC2CCCO2)cc1. The van der Waals surface area contributed by atoms with Gasteiger partial charge in [0.15, 0.2) is 9.84 Å². The molecule has 0 spiro atoms. The van der Waals surface area contributed by atoms with Gasteiger partial charge < -0.3 is 15.2 Å². The van der Waals surface area contributed by atoms with E-state index in [2.05, 4.69) is 0 Å². The molecule has 1 heterocycles. The Labute approximate surface area is 126 Å². The summed E-state index contributed by atoms with van der Waals surface area (Å²) < 4.78 is 35.4. The topological polar surface area (TPSA) is 78.6 Å². The summed E-state index contributed by atoms with van der Waals surface area (Å²) in [4.78, 5) is 0. The second-order valence-corrected chi connectivity index (χ2v) is 7.87. The Bertz CT molecular complexity index is 550. The molecule has 0 radical (unpaired) electrons. The highest BCUT2D eigenvalue weighted by Crippen LogP contribution is 2.24. The van der Waals surface area contributed by atoms with Crippen molar-refractivity contribution in [3.8, 4) is 5.75 Å². The van der Waals surface area contributed by atoms with Crippen molar-refractivity contribution < 1.29 is 17.9 Å². The Morgan fingerprint density at radius 3 is 2.57 bits per heavy atom. The Hall–Kier alpha value is -1.11. The third kappa shape index (κ3) is 3.96. The first-order valence-corrected chi connectivity index (χ1v) is 8.88. The molecule has 0 aliphatic carbocycles. The van der Waals surface area contributed by atoms with Gasteiger partial charge in [-0.05, 0) is 37.5 Å². The van der Waals surface area contributed by atoms with E-state index in [0.29, 0.717) is 6.61 Å². The zero-order valence-corrected chi connectivity index (χ0v) is 13.3. The molecule has 0 bridgehead atoms. The quantitative estimate of drug-likeness (QED) is 0.864. The van der Waals surface area contributed by atoms with Crippen molar-refractivity contribution in [2.45, 2.75) is 37.2 Å². The molecule has 1 saturated heterocycles. The molecule has 3 unspecified atom stereocenters. The third-order valence-electron chi connectivity index (χ3n) is 4.02. The molecule has 21 heavy (non-hydrogen) atoms. The summed E-state index contributed by atoms with van der Waals surface area (Å²) in [6, 6.07) is 6.63. The number of benzene rings is 1. The highest BCUT2D eigenvalue weighted by atomic mass is 32.2. The maximum Gasteiger partial charge on any atom is 0.157 e. The van der Waals surface area contributed by atoms with E-state index in [4.69, 9.17) is 15.2 Å². The number of hydrogen-bond donors (Lipinski definition) is 1. The molecule has 3 atom stereocenters. The number of rotatable bonds is 6. The number of hydrogen-bond acceptors (Lipinski definition) is 5. The zero-order valence-electron chi connectivity index (χ0n) is 12.5. The lowest BCUT2D eigenvalue weighted by molar-refractivity contribution is 0.127.